The van der Waals surface area contributed by atoms with Crippen molar-refractivity contribution in [3.63, 3.8) is 0 Å². The third-order valence-corrected chi connectivity index (χ3v) is 3.08. The molecule has 0 aliphatic heterocycles. The number of pyridine rings is 1. The summed E-state index contributed by atoms with van der Waals surface area (Å²) in [6, 6.07) is 6.53. The number of rotatable bonds is 5. The van der Waals surface area contributed by atoms with Crippen LogP contribution in [0.1, 0.15) is 36.8 Å². The molecule has 2 aromatic heterocycles. The van der Waals surface area contributed by atoms with Gasteiger partial charge < -0.3 is 5.32 Å². The van der Waals surface area contributed by atoms with Crippen LogP contribution in [0.4, 0.5) is 0 Å². The molecule has 0 aromatic carbocycles. The van der Waals surface area contributed by atoms with Gasteiger partial charge in [0.2, 0.25) is 0 Å². The van der Waals surface area contributed by atoms with Crippen molar-refractivity contribution in [2.45, 2.75) is 39.9 Å². The molecule has 0 saturated carbocycles. The van der Waals surface area contributed by atoms with Crippen LogP contribution in [0, 0.1) is 6.92 Å². The average Bonchev–Trinajstić information content (AvgIpc) is 2.77. The Kier molecular flexibility index (Phi) is 4.10. The quantitative estimate of drug-likeness (QED) is 0.878. The van der Waals surface area contributed by atoms with Crippen molar-refractivity contribution in [3.05, 3.63) is 47.5 Å². The summed E-state index contributed by atoms with van der Waals surface area (Å²) < 4.78 is 2.04. The highest BCUT2D eigenvalue weighted by atomic mass is 15.3. The molecule has 0 amide bonds. The summed E-state index contributed by atoms with van der Waals surface area (Å²) in [6.45, 7) is 8.05. The first-order valence-corrected chi connectivity index (χ1v) is 6.37. The minimum atomic E-state index is 0.313. The van der Waals surface area contributed by atoms with E-state index in [-0.39, 0.29) is 0 Å². The third kappa shape index (κ3) is 2.96. The van der Waals surface area contributed by atoms with Crippen LogP contribution in [-0.2, 0) is 13.1 Å². The predicted molar refractivity (Wildman–Crippen MR) is 72.1 cm³/mol. The molecule has 1 atom stereocenters. The molecule has 96 valence electrons. The molecule has 0 fully saturated rings. The molecule has 2 rings (SSSR count). The zero-order valence-corrected chi connectivity index (χ0v) is 11.2. The van der Waals surface area contributed by atoms with Gasteiger partial charge in [-0.15, -0.1) is 0 Å². The first-order chi connectivity index (χ1) is 8.70. The SMILES string of the molecule is CCn1nc(C)cc1CN[C@@H](C)c1ccncc1. The molecule has 2 heterocycles. The molecule has 0 bridgehead atoms. The van der Waals surface area contributed by atoms with Gasteiger partial charge in [0.25, 0.3) is 0 Å². The highest BCUT2D eigenvalue weighted by molar-refractivity contribution is 5.15. The van der Waals surface area contributed by atoms with E-state index < -0.39 is 0 Å². The number of hydrogen-bond donors (Lipinski definition) is 1. The Hall–Kier alpha value is -1.68. The number of aromatic nitrogens is 3. The maximum atomic E-state index is 4.45. The van der Waals surface area contributed by atoms with Gasteiger partial charge in [-0.1, -0.05) is 0 Å². The largest absolute Gasteiger partial charge is 0.305 e. The van der Waals surface area contributed by atoms with Crippen LogP contribution >= 0.6 is 0 Å². The van der Waals surface area contributed by atoms with Crippen molar-refractivity contribution in [3.8, 4) is 0 Å². The number of hydrogen-bond acceptors (Lipinski definition) is 3. The van der Waals surface area contributed by atoms with Gasteiger partial charge in [-0.25, -0.2) is 0 Å². The first kappa shape index (κ1) is 12.8. The van der Waals surface area contributed by atoms with Gasteiger partial charge in [0, 0.05) is 31.5 Å². The molecule has 0 radical (unpaired) electrons. The van der Waals surface area contributed by atoms with E-state index in [0.717, 1.165) is 18.8 Å². The smallest absolute Gasteiger partial charge is 0.0597 e. The second-order valence-electron chi connectivity index (χ2n) is 4.48. The first-order valence-electron chi connectivity index (χ1n) is 6.37. The van der Waals surface area contributed by atoms with Crippen molar-refractivity contribution in [1.82, 2.24) is 20.1 Å². The fourth-order valence-electron chi connectivity index (χ4n) is 2.04. The molecular weight excluding hydrogens is 224 g/mol. The van der Waals surface area contributed by atoms with E-state index in [1.807, 2.05) is 36.1 Å². The molecule has 2 aromatic rings. The molecule has 0 unspecified atom stereocenters. The Morgan fingerprint density at radius 2 is 2.06 bits per heavy atom. The highest BCUT2D eigenvalue weighted by Gasteiger charge is 2.07. The van der Waals surface area contributed by atoms with Gasteiger partial charge in [0.1, 0.15) is 0 Å². The lowest BCUT2D eigenvalue weighted by atomic mass is 10.1. The Labute approximate surface area is 108 Å². The van der Waals surface area contributed by atoms with Gasteiger partial charge in [0.05, 0.1) is 11.4 Å². The molecule has 4 nitrogen and oxygen atoms in total. The van der Waals surface area contributed by atoms with Gasteiger partial charge in [-0.05, 0) is 44.5 Å². The summed E-state index contributed by atoms with van der Waals surface area (Å²) >= 11 is 0. The van der Waals surface area contributed by atoms with Crippen LogP contribution in [0.2, 0.25) is 0 Å². The van der Waals surface area contributed by atoms with Crippen LogP contribution in [0.5, 0.6) is 0 Å². The molecule has 0 aliphatic carbocycles. The Morgan fingerprint density at radius 3 is 2.72 bits per heavy atom. The maximum absolute atomic E-state index is 4.45. The molecule has 0 spiro atoms. The van der Waals surface area contributed by atoms with E-state index in [0.29, 0.717) is 6.04 Å². The minimum absolute atomic E-state index is 0.313. The number of nitrogens with zero attached hydrogens (tertiary/aromatic N) is 3. The van der Waals surface area contributed by atoms with E-state index in [1.54, 1.807) is 0 Å². The van der Waals surface area contributed by atoms with Crippen molar-refractivity contribution in [1.29, 1.82) is 0 Å². The molecule has 4 heteroatoms. The number of nitrogens with one attached hydrogen (secondary N) is 1. The van der Waals surface area contributed by atoms with Crippen molar-refractivity contribution in [2.24, 2.45) is 0 Å². The second-order valence-corrected chi connectivity index (χ2v) is 4.48. The van der Waals surface area contributed by atoms with Gasteiger partial charge in [-0.2, -0.15) is 5.10 Å². The van der Waals surface area contributed by atoms with Crippen LogP contribution in [0.15, 0.2) is 30.6 Å². The average molecular weight is 244 g/mol. The fourth-order valence-corrected chi connectivity index (χ4v) is 2.04. The molecule has 1 N–H and O–H groups in total. The minimum Gasteiger partial charge on any atom is -0.305 e. The van der Waals surface area contributed by atoms with Crippen LogP contribution in [0.3, 0.4) is 0 Å². The topological polar surface area (TPSA) is 42.7 Å². The molecular formula is C14H20N4. The lowest BCUT2D eigenvalue weighted by molar-refractivity contribution is 0.530. The van der Waals surface area contributed by atoms with Crippen molar-refractivity contribution in [2.75, 3.05) is 0 Å². The molecule has 0 aliphatic rings. The predicted octanol–water partition coefficient (Wildman–Crippen LogP) is 2.46. The maximum Gasteiger partial charge on any atom is 0.0597 e. The lowest BCUT2D eigenvalue weighted by Crippen LogP contribution is -2.20. The highest BCUT2D eigenvalue weighted by Crippen LogP contribution is 2.12. The third-order valence-electron chi connectivity index (χ3n) is 3.08. The summed E-state index contributed by atoms with van der Waals surface area (Å²) in [4.78, 5) is 4.03. The van der Waals surface area contributed by atoms with Gasteiger partial charge in [0.15, 0.2) is 0 Å². The van der Waals surface area contributed by atoms with E-state index in [4.69, 9.17) is 0 Å². The fraction of sp³-hybridized carbons (Fsp3) is 0.429. The Balaban J connectivity index is 1.99. The molecule has 0 saturated heterocycles. The normalized spacial score (nSPS) is 12.6. The zero-order valence-electron chi connectivity index (χ0n) is 11.2. The van der Waals surface area contributed by atoms with E-state index in [1.165, 1.54) is 11.3 Å². The van der Waals surface area contributed by atoms with Gasteiger partial charge in [-0.3, -0.25) is 9.67 Å². The lowest BCUT2D eigenvalue weighted by Gasteiger charge is -2.14. The van der Waals surface area contributed by atoms with E-state index >= 15 is 0 Å². The summed E-state index contributed by atoms with van der Waals surface area (Å²) in [5.41, 5.74) is 3.56. The van der Waals surface area contributed by atoms with Crippen LogP contribution in [-0.4, -0.2) is 14.8 Å². The van der Waals surface area contributed by atoms with Crippen molar-refractivity contribution < 1.29 is 0 Å². The molecule has 18 heavy (non-hydrogen) atoms. The summed E-state index contributed by atoms with van der Waals surface area (Å²) in [5.74, 6) is 0. The standard InChI is InChI=1S/C14H20N4/c1-4-18-14(9-11(2)17-18)10-16-12(3)13-5-7-15-8-6-13/h5-9,12,16H,4,10H2,1-3H3/t12-/m0/s1. The summed E-state index contributed by atoms with van der Waals surface area (Å²) in [5, 5.41) is 7.96. The summed E-state index contributed by atoms with van der Waals surface area (Å²) in [7, 11) is 0. The summed E-state index contributed by atoms with van der Waals surface area (Å²) in [6.07, 6.45) is 3.65. The van der Waals surface area contributed by atoms with Gasteiger partial charge >= 0.3 is 0 Å². The zero-order chi connectivity index (χ0) is 13.0. The van der Waals surface area contributed by atoms with Crippen molar-refractivity contribution >= 4 is 0 Å². The van der Waals surface area contributed by atoms with Crippen LogP contribution < -0.4 is 5.32 Å². The van der Waals surface area contributed by atoms with E-state index in [2.05, 4.69) is 35.3 Å². The monoisotopic (exact) mass is 244 g/mol. The van der Waals surface area contributed by atoms with Crippen LogP contribution in [0.25, 0.3) is 0 Å². The Morgan fingerprint density at radius 1 is 1.33 bits per heavy atom. The Bertz CT molecular complexity index is 490. The number of aryl methyl sites for hydroxylation is 2. The second kappa shape index (κ2) is 5.78. The van der Waals surface area contributed by atoms with E-state index in [9.17, 15) is 0 Å².